The molecule has 2 aromatic carbocycles. The minimum Gasteiger partial charge on any atom is -0.508 e. The maximum absolute atomic E-state index is 10.1. The van der Waals surface area contributed by atoms with Crippen LogP contribution in [0.4, 0.5) is 0 Å². The van der Waals surface area contributed by atoms with Crippen LogP contribution in [0.1, 0.15) is 87.2 Å². The second-order valence-electron chi connectivity index (χ2n) is 8.22. The third-order valence-electron chi connectivity index (χ3n) is 6.30. The smallest absolute Gasteiger partial charge is 0.115 e. The Morgan fingerprint density at radius 2 is 1.00 bits per heavy atom. The highest BCUT2D eigenvalue weighted by Gasteiger charge is 2.23. The summed E-state index contributed by atoms with van der Waals surface area (Å²) in [6.45, 7) is 0. The summed E-state index contributed by atoms with van der Waals surface area (Å²) < 4.78 is 0. The molecule has 3 heteroatoms. The van der Waals surface area contributed by atoms with Crippen molar-refractivity contribution in [1.82, 2.24) is 0 Å². The van der Waals surface area contributed by atoms with E-state index in [9.17, 15) is 10.2 Å². The van der Waals surface area contributed by atoms with Crippen LogP contribution >= 0.6 is 11.8 Å². The highest BCUT2D eigenvalue weighted by atomic mass is 32.2. The van der Waals surface area contributed by atoms with E-state index < -0.39 is 0 Å². The second-order valence-corrected chi connectivity index (χ2v) is 9.30. The molecule has 0 unspecified atom stereocenters. The lowest BCUT2D eigenvalue weighted by molar-refractivity contribution is 0.433. The standard InChI is InChI=1S/C24H30O2S/c25-19-11-13-23(21(15-19)17-7-3-1-4-8-17)27-24-14-12-20(26)16-22(24)18-9-5-2-6-10-18/h11-18,25-26H,1-10H2. The summed E-state index contributed by atoms with van der Waals surface area (Å²) in [5.74, 6) is 1.86. The molecule has 0 aliphatic heterocycles. The molecule has 0 spiro atoms. The molecule has 0 aromatic heterocycles. The van der Waals surface area contributed by atoms with Crippen LogP contribution in [0.3, 0.4) is 0 Å². The van der Waals surface area contributed by atoms with Gasteiger partial charge in [0.2, 0.25) is 0 Å². The molecule has 2 saturated carbocycles. The van der Waals surface area contributed by atoms with E-state index >= 15 is 0 Å². The first kappa shape index (κ1) is 18.7. The summed E-state index contributed by atoms with van der Waals surface area (Å²) in [5, 5.41) is 20.2. The van der Waals surface area contributed by atoms with Gasteiger partial charge in [0.05, 0.1) is 0 Å². The van der Waals surface area contributed by atoms with Crippen LogP contribution in [0.15, 0.2) is 46.2 Å². The van der Waals surface area contributed by atoms with Crippen molar-refractivity contribution in [2.75, 3.05) is 0 Å². The number of hydrogen-bond donors (Lipinski definition) is 2. The second kappa shape index (κ2) is 8.60. The van der Waals surface area contributed by atoms with Crippen LogP contribution in [0.2, 0.25) is 0 Å². The van der Waals surface area contributed by atoms with Gasteiger partial charge in [-0.05, 0) is 85.0 Å². The Bertz CT molecular complexity index is 708. The van der Waals surface area contributed by atoms with Gasteiger partial charge in [0, 0.05) is 9.79 Å². The number of benzene rings is 2. The maximum atomic E-state index is 10.1. The zero-order chi connectivity index (χ0) is 18.6. The minimum absolute atomic E-state index is 0.373. The Balaban J connectivity index is 1.66. The Kier molecular flexibility index (Phi) is 5.97. The van der Waals surface area contributed by atoms with Gasteiger partial charge < -0.3 is 10.2 Å². The van der Waals surface area contributed by atoms with E-state index in [4.69, 9.17) is 0 Å². The fraction of sp³-hybridized carbons (Fsp3) is 0.500. The molecule has 4 rings (SSSR count). The van der Waals surface area contributed by atoms with Crippen molar-refractivity contribution < 1.29 is 10.2 Å². The lowest BCUT2D eigenvalue weighted by Crippen LogP contribution is -2.07. The Labute approximate surface area is 167 Å². The first-order valence-electron chi connectivity index (χ1n) is 10.5. The molecule has 0 radical (unpaired) electrons. The van der Waals surface area contributed by atoms with Crippen LogP contribution in [-0.4, -0.2) is 10.2 Å². The van der Waals surface area contributed by atoms with Crippen molar-refractivity contribution in [3.05, 3.63) is 47.5 Å². The van der Waals surface area contributed by atoms with Crippen molar-refractivity contribution in [2.24, 2.45) is 0 Å². The lowest BCUT2D eigenvalue weighted by atomic mass is 9.84. The molecule has 27 heavy (non-hydrogen) atoms. The van der Waals surface area contributed by atoms with E-state index in [1.54, 1.807) is 0 Å². The van der Waals surface area contributed by atoms with Gasteiger partial charge in [-0.15, -0.1) is 0 Å². The van der Waals surface area contributed by atoms with Crippen molar-refractivity contribution >= 4 is 11.8 Å². The molecule has 2 N–H and O–H groups in total. The number of phenols is 2. The van der Waals surface area contributed by atoms with Crippen molar-refractivity contribution in [3.8, 4) is 11.5 Å². The monoisotopic (exact) mass is 382 g/mol. The first-order valence-corrected chi connectivity index (χ1v) is 11.4. The van der Waals surface area contributed by atoms with Gasteiger partial charge in [-0.25, -0.2) is 0 Å². The van der Waals surface area contributed by atoms with E-state index in [-0.39, 0.29) is 0 Å². The van der Waals surface area contributed by atoms with Crippen LogP contribution in [-0.2, 0) is 0 Å². The molecule has 0 saturated heterocycles. The normalized spacial score (nSPS) is 19.3. The summed E-state index contributed by atoms with van der Waals surface area (Å²) in [6.07, 6.45) is 12.7. The molecule has 2 aliphatic carbocycles. The lowest BCUT2D eigenvalue weighted by Gasteiger charge is -2.26. The third kappa shape index (κ3) is 4.45. The summed E-state index contributed by atoms with van der Waals surface area (Å²) in [7, 11) is 0. The van der Waals surface area contributed by atoms with Crippen molar-refractivity contribution in [3.63, 3.8) is 0 Å². The minimum atomic E-state index is 0.373. The van der Waals surface area contributed by atoms with E-state index in [1.165, 1.54) is 85.1 Å². The summed E-state index contributed by atoms with van der Waals surface area (Å²) in [6, 6.07) is 11.8. The maximum Gasteiger partial charge on any atom is 0.115 e. The summed E-state index contributed by atoms with van der Waals surface area (Å²) in [5.41, 5.74) is 2.62. The largest absolute Gasteiger partial charge is 0.508 e. The van der Waals surface area contributed by atoms with Crippen LogP contribution in [0.5, 0.6) is 11.5 Å². The molecule has 0 bridgehead atoms. The number of aromatic hydroxyl groups is 2. The van der Waals surface area contributed by atoms with E-state index in [2.05, 4.69) is 12.1 Å². The Morgan fingerprint density at radius 1 is 0.593 bits per heavy atom. The average molecular weight is 383 g/mol. The van der Waals surface area contributed by atoms with Crippen molar-refractivity contribution in [1.29, 1.82) is 0 Å². The van der Waals surface area contributed by atoms with E-state index in [0.717, 1.165) is 0 Å². The van der Waals surface area contributed by atoms with Gasteiger partial charge in [0.15, 0.2) is 0 Å². The van der Waals surface area contributed by atoms with Gasteiger partial charge in [0.25, 0.3) is 0 Å². The van der Waals surface area contributed by atoms with Gasteiger partial charge >= 0.3 is 0 Å². The molecule has 2 nitrogen and oxygen atoms in total. The molecular weight excluding hydrogens is 352 g/mol. The zero-order valence-corrected chi connectivity index (χ0v) is 16.8. The molecule has 0 amide bonds. The fourth-order valence-corrected chi connectivity index (χ4v) is 6.04. The first-order chi connectivity index (χ1) is 13.2. The predicted octanol–water partition coefficient (Wildman–Crippen LogP) is 7.34. The topological polar surface area (TPSA) is 40.5 Å². The predicted molar refractivity (Wildman–Crippen MR) is 112 cm³/mol. The van der Waals surface area contributed by atoms with Crippen molar-refractivity contribution in [2.45, 2.75) is 85.8 Å². The van der Waals surface area contributed by atoms with Crippen LogP contribution in [0.25, 0.3) is 0 Å². The highest BCUT2D eigenvalue weighted by molar-refractivity contribution is 7.99. The molecule has 2 fully saturated rings. The number of rotatable bonds is 4. The van der Waals surface area contributed by atoms with Crippen LogP contribution < -0.4 is 0 Å². The molecule has 2 aliphatic rings. The van der Waals surface area contributed by atoms with Gasteiger partial charge in [-0.3, -0.25) is 0 Å². The average Bonchev–Trinajstić information content (AvgIpc) is 2.72. The molecule has 144 valence electrons. The fourth-order valence-electron chi connectivity index (χ4n) is 4.84. The quantitative estimate of drug-likeness (QED) is 0.581. The van der Waals surface area contributed by atoms with Gasteiger partial charge in [-0.2, -0.15) is 0 Å². The summed E-state index contributed by atoms with van der Waals surface area (Å²) in [4.78, 5) is 2.53. The molecule has 0 atom stereocenters. The third-order valence-corrected chi connectivity index (χ3v) is 7.48. The number of hydrogen-bond acceptors (Lipinski definition) is 3. The van der Waals surface area contributed by atoms with Gasteiger partial charge in [-0.1, -0.05) is 50.3 Å². The Morgan fingerprint density at radius 3 is 1.41 bits per heavy atom. The Hall–Kier alpha value is -1.61. The number of phenolic OH excluding ortho intramolecular Hbond substituents is 2. The van der Waals surface area contributed by atoms with Crippen LogP contribution in [0, 0.1) is 0 Å². The molecule has 0 heterocycles. The van der Waals surface area contributed by atoms with E-state index in [0.29, 0.717) is 23.3 Å². The van der Waals surface area contributed by atoms with E-state index in [1.807, 2.05) is 36.0 Å². The SMILES string of the molecule is Oc1ccc(Sc2ccc(O)cc2C2CCCCC2)c(C2CCCCC2)c1. The molecular formula is C24H30O2S. The zero-order valence-electron chi connectivity index (χ0n) is 16.0. The molecule has 2 aromatic rings. The van der Waals surface area contributed by atoms with Gasteiger partial charge in [0.1, 0.15) is 11.5 Å². The highest BCUT2D eigenvalue weighted by Crippen LogP contribution is 2.45. The summed E-state index contributed by atoms with van der Waals surface area (Å²) >= 11 is 1.82.